The maximum atomic E-state index is 11.5. The number of para-hydroxylation sites is 1. The highest BCUT2D eigenvalue weighted by atomic mass is 79.9. The second kappa shape index (κ2) is 6.96. The summed E-state index contributed by atoms with van der Waals surface area (Å²) in [5.74, 6) is 0.320. The van der Waals surface area contributed by atoms with Gasteiger partial charge in [0, 0.05) is 6.08 Å². The third-order valence-corrected chi connectivity index (χ3v) is 2.54. The zero-order valence-electron chi connectivity index (χ0n) is 9.70. The Kier molecular flexibility index (Phi) is 5.56. The number of anilines is 1. The molecule has 1 rings (SSSR count). The highest BCUT2D eigenvalue weighted by molar-refractivity contribution is 9.10. The van der Waals surface area contributed by atoms with E-state index in [1.807, 2.05) is 19.1 Å². The van der Waals surface area contributed by atoms with Crippen LogP contribution in [0.1, 0.15) is 6.92 Å². The molecule has 0 bridgehead atoms. The van der Waals surface area contributed by atoms with Crippen LogP contribution in [-0.4, -0.2) is 19.6 Å². The van der Waals surface area contributed by atoms with Gasteiger partial charge in [-0.1, -0.05) is 6.07 Å². The molecule has 0 aliphatic rings. The first-order valence-electron chi connectivity index (χ1n) is 5.10. The Bertz CT molecular complexity index is 418. The molecule has 17 heavy (non-hydrogen) atoms. The van der Waals surface area contributed by atoms with E-state index in [0.717, 1.165) is 4.47 Å². The van der Waals surface area contributed by atoms with Crippen LogP contribution in [0.15, 0.2) is 35.0 Å². The highest BCUT2D eigenvalue weighted by Crippen LogP contribution is 2.32. The molecule has 0 unspecified atom stereocenters. The smallest absolute Gasteiger partial charge is 0.251 e. The lowest BCUT2D eigenvalue weighted by Gasteiger charge is -2.10. The third kappa shape index (κ3) is 4.11. The molecule has 0 fully saturated rings. The predicted octanol–water partition coefficient (Wildman–Crippen LogP) is 2.95. The Labute approximate surface area is 109 Å². The second-order valence-corrected chi connectivity index (χ2v) is 3.92. The molecule has 0 radical (unpaired) electrons. The predicted molar refractivity (Wildman–Crippen MR) is 70.1 cm³/mol. The standard InChI is InChI=1S/C12H14BrNO3/c1-3-17-8-7-11(15)14-10-6-4-5-9(13)12(10)16-2/h4-8H,3H2,1-2H3,(H,14,15). The molecule has 0 aromatic heterocycles. The molecule has 0 aliphatic carbocycles. The van der Waals surface area contributed by atoms with E-state index < -0.39 is 0 Å². The van der Waals surface area contributed by atoms with Gasteiger partial charge in [0.1, 0.15) is 0 Å². The lowest BCUT2D eigenvalue weighted by molar-refractivity contribution is -0.112. The van der Waals surface area contributed by atoms with E-state index in [0.29, 0.717) is 18.0 Å². The first-order chi connectivity index (χ1) is 8.19. The van der Waals surface area contributed by atoms with Crippen LogP contribution in [0.25, 0.3) is 0 Å². The van der Waals surface area contributed by atoms with E-state index in [9.17, 15) is 4.79 Å². The van der Waals surface area contributed by atoms with Crippen LogP contribution < -0.4 is 10.1 Å². The van der Waals surface area contributed by atoms with E-state index >= 15 is 0 Å². The molecule has 1 amide bonds. The van der Waals surface area contributed by atoms with Gasteiger partial charge in [-0.05, 0) is 35.0 Å². The molecule has 0 spiro atoms. The number of carbonyl (C=O) groups is 1. The average molecular weight is 300 g/mol. The number of hydrogen-bond donors (Lipinski definition) is 1. The lowest BCUT2D eigenvalue weighted by Crippen LogP contribution is -2.09. The zero-order chi connectivity index (χ0) is 12.7. The average Bonchev–Trinajstić information content (AvgIpc) is 2.29. The van der Waals surface area contributed by atoms with Crippen molar-refractivity contribution in [3.63, 3.8) is 0 Å². The van der Waals surface area contributed by atoms with Crippen molar-refractivity contribution in [1.82, 2.24) is 0 Å². The Morgan fingerprint density at radius 1 is 1.53 bits per heavy atom. The van der Waals surface area contributed by atoms with Crippen molar-refractivity contribution in [1.29, 1.82) is 0 Å². The number of ether oxygens (including phenoxy) is 2. The van der Waals surface area contributed by atoms with Crippen LogP contribution in [0.2, 0.25) is 0 Å². The Morgan fingerprint density at radius 2 is 2.29 bits per heavy atom. The molecule has 5 heteroatoms. The normalized spacial score (nSPS) is 10.3. The van der Waals surface area contributed by atoms with Crippen LogP contribution in [0.4, 0.5) is 5.69 Å². The van der Waals surface area contributed by atoms with Gasteiger partial charge in [-0.15, -0.1) is 0 Å². The van der Waals surface area contributed by atoms with Gasteiger partial charge < -0.3 is 14.8 Å². The number of rotatable bonds is 5. The molecule has 4 nitrogen and oxygen atoms in total. The van der Waals surface area contributed by atoms with Crippen molar-refractivity contribution in [2.24, 2.45) is 0 Å². The second-order valence-electron chi connectivity index (χ2n) is 3.07. The monoisotopic (exact) mass is 299 g/mol. The Balaban J connectivity index is 2.74. The van der Waals surface area contributed by atoms with Gasteiger partial charge in [-0.2, -0.15) is 0 Å². The molecule has 92 valence electrons. The fourth-order valence-corrected chi connectivity index (χ4v) is 1.72. The van der Waals surface area contributed by atoms with Gasteiger partial charge in [0.25, 0.3) is 5.91 Å². The minimum atomic E-state index is -0.269. The summed E-state index contributed by atoms with van der Waals surface area (Å²) in [6, 6.07) is 5.41. The van der Waals surface area contributed by atoms with Crippen molar-refractivity contribution in [2.45, 2.75) is 6.92 Å². The van der Waals surface area contributed by atoms with Gasteiger partial charge in [-0.3, -0.25) is 4.79 Å². The summed E-state index contributed by atoms with van der Waals surface area (Å²) < 4.78 is 10.9. The number of halogens is 1. The molecule has 1 aromatic rings. The maximum absolute atomic E-state index is 11.5. The molecule has 0 saturated heterocycles. The number of amides is 1. The fraction of sp³-hybridized carbons (Fsp3) is 0.250. The van der Waals surface area contributed by atoms with Gasteiger partial charge >= 0.3 is 0 Å². The molecule has 0 saturated carbocycles. The largest absolute Gasteiger partial charge is 0.501 e. The number of benzene rings is 1. The van der Waals surface area contributed by atoms with Crippen LogP contribution in [0.5, 0.6) is 5.75 Å². The minimum absolute atomic E-state index is 0.269. The van der Waals surface area contributed by atoms with Crippen molar-refractivity contribution in [2.75, 3.05) is 19.0 Å². The summed E-state index contributed by atoms with van der Waals surface area (Å²) >= 11 is 3.34. The van der Waals surface area contributed by atoms with Crippen LogP contribution in [0.3, 0.4) is 0 Å². The van der Waals surface area contributed by atoms with E-state index in [1.54, 1.807) is 13.2 Å². The number of carbonyl (C=O) groups excluding carboxylic acids is 1. The minimum Gasteiger partial charge on any atom is -0.501 e. The summed E-state index contributed by atoms with van der Waals surface area (Å²) in [7, 11) is 1.55. The Hall–Kier alpha value is -1.49. The number of hydrogen-bond acceptors (Lipinski definition) is 3. The molecule has 0 atom stereocenters. The highest BCUT2D eigenvalue weighted by Gasteiger charge is 2.08. The van der Waals surface area contributed by atoms with Gasteiger partial charge in [-0.25, -0.2) is 0 Å². The van der Waals surface area contributed by atoms with Gasteiger partial charge in [0.2, 0.25) is 0 Å². The fourth-order valence-electron chi connectivity index (χ4n) is 1.20. The van der Waals surface area contributed by atoms with E-state index in [4.69, 9.17) is 9.47 Å². The quantitative estimate of drug-likeness (QED) is 0.672. The molecule has 0 aliphatic heterocycles. The van der Waals surface area contributed by atoms with Crippen molar-refractivity contribution < 1.29 is 14.3 Å². The van der Waals surface area contributed by atoms with Crippen molar-refractivity contribution in [3.8, 4) is 5.75 Å². The third-order valence-electron chi connectivity index (χ3n) is 1.91. The maximum Gasteiger partial charge on any atom is 0.251 e. The first kappa shape index (κ1) is 13.6. The van der Waals surface area contributed by atoms with E-state index in [2.05, 4.69) is 21.2 Å². The van der Waals surface area contributed by atoms with E-state index in [1.165, 1.54) is 12.3 Å². The molecule has 0 heterocycles. The molecule has 1 N–H and O–H groups in total. The summed E-state index contributed by atoms with van der Waals surface area (Å²) in [6.07, 6.45) is 2.68. The van der Waals surface area contributed by atoms with Crippen LogP contribution in [0, 0.1) is 0 Å². The zero-order valence-corrected chi connectivity index (χ0v) is 11.3. The summed E-state index contributed by atoms with van der Waals surface area (Å²) in [4.78, 5) is 11.5. The summed E-state index contributed by atoms with van der Waals surface area (Å²) in [6.45, 7) is 2.38. The molecule has 1 aromatic carbocycles. The van der Waals surface area contributed by atoms with E-state index in [-0.39, 0.29) is 5.91 Å². The first-order valence-corrected chi connectivity index (χ1v) is 5.90. The summed E-state index contributed by atoms with van der Waals surface area (Å²) in [5.41, 5.74) is 0.605. The number of nitrogens with one attached hydrogen (secondary N) is 1. The van der Waals surface area contributed by atoms with Crippen molar-refractivity contribution in [3.05, 3.63) is 35.0 Å². The molecular formula is C12H14BrNO3. The lowest BCUT2D eigenvalue weighted by atomic mass is 10.3. The van der Waals surface area contributed by atoms with Crippen LogP contribution in [-0.2, 0) is 9.53 Å². The number of methoxy groups -OCH3 is 1. The van der Waals surface area contributed by atoms with Crippen molar-refractivity contribution >= 4 is 27.5 Å². The Morgan fingerprint density at radius 3 is 2.94 bits per heavy atom. The SMILES string of the molecule is CCOC=CC(=O)Nc1cccc(Br)c1OC. The summed E-state index contributed by atoms with van der Waals surface area (Å²) in [5, 5.41) is 2.70. The molecular weight excluding hydrogens is 286 g/mol. The topological polar surface area (TPSA) is 47.6 Å². The van der Waals surface area contributed by atoms with Gasteiger partial charge in [0.15, 0.2) is 5.75 Å². The van der Waals surface area contributed by atoms with Gasteiger partial charge in [0.05, 0.1) is 30.1 Å². The van der Waals surface area contributed by atoms with Crippen LogP contribution >= 0.6 is 15.9 Å².